The van der Waals surface area contributed by atoms with Gasteiger partial charge in [-0.2, -0.15) is 0 Å². The van der Waals surface area contributed by atoms with Crippen molar-refractivity contribution in [2.75, 3.05) is 11.9 Å². The minimum atomic E-state index is 0.328. The Balaban J connectivity index is 1.66. The number of thiocarbonyl (C=S) groups is 1. The highest BCUT2D eigenvalue weighted by molar-refractivity contribution is 7.80. The molecule has 0 fully saturated rings. The molecule has 0 saturated carbocycles. The summed E-state index contributed by atoms with van der Waals surface area (Å²) in [5.74, 6) is 0.584. The third-order valence-corrected chi connectivity index (χ3v) is 4.28. The molecule has 4 heteroatoms. The van der Waals surface area contributed by atoms with Crippen LogP contribution in [0.25, 0.3) is 0 Å². The fraction of sp³-hybridized carbons (Fsp3) is 0.188. The van der Waals surface area contributed by atoms with Crippen molar-refractivity contribution >= 4 is 34.5 Å². The van der Waals surface area contributed by atoms with Gasteiger partial charge in [-0.05, 0) is 35.7 Å². The lowest BCUT2D eigenvalue weighted by atomic mass is 9.77. The summed E-state index contributed by atoms with van der Waals surface area (Å²) in [4.78, 5) is 0.328. The first-order valence-electron chi connectivity index (χ1n) is 6.56. The number of fused-ring (bicyclic) bond motifs is 1. The molecular formula is C16H15ClN2S. The van der Waals surface area contributed by atoms with Crippen molar-refractivity contribution in [3.8, 4) is 0 Å². The van der Waals surface area contributed by atoms with E-state index in [-0.39, 0.29) is 0 Å². The molecule has 3 N–H and O–H groups in total. The Hall–Kier alpha value is -1.58. The Morgan fingerprint density at radius 3 is 2.80 bits per heavy atom. The molecule has 102 valence electrons. The van der Waals surface area contributed by atoms with Crippen LogP contribution in [-0.2, 0) is 6.42 Å². The number of hydrogen-bond donors (Lipinski definition) is 2. The topological polar surface area (TPSA) is 38.0 Å². The summed E-state index contributed by atoms with van der Waals surface area (Å²) in [5.41, 5.74) is 10.2. The van der Waals surface area contributed by atoms with E-state index in [0.29, 0.717) is 15.9 Å². The molecule has 0 spiro atoms. The minimum Gasteiger partial charge on any atom is -0.389 e. The van der Waals surface area contributed by atoms with E-state index >= 15 is 0 Å². The standard InChI is InChI=1S/C16H15ClN2S/c17-15-8-12(5-6-14(15)16(18)20)19-9-11-7-10-3-1-2-4-13(10)11/h1-6,8,11,19H,7,9H2,(H2,18,20). The average molecular weight is 303 g/mol. The highest BCUT2D eigenvalue weighted by Gasteiger charge is 2.24. The molecule has 0 bridgehead atoms. The van der Waals surface area contributed by atoms with E-state index in [1.807, 2.05) is 18.2 Å². The Bertz CT molecular complexity index is 669. The van der Waals surface area contributed by atoms with Crippen LogP contribution in [0.15, 0.2) is 42.5 Å². The maximum absolute atomic E-state index is 6.16. The van der Waals surface area contributed by atoms with Crippen molar-refractivity contribution in [1.82, 2.24) is 0 Å². The zero-order valence-electron chi connectivity index (χ0n) is 10.9. The molecule has 2 aromatic carbocycles. The van der Waals surface area contributed by atoms with Gasteiger partial charge in [0.15, 0.2) is 0 Å². The lowest BCUT2D eigenvalue weighted by Crippen LogP contribution is -2.24. The summed E-state index contributed by atoms with van der Waals surface area (Å²) >= 11 is 11.1. The van der Waals surface area contributed by atoms with E-state index in [1.165, 1.54) is 11.1 Å². The average Bonchev–Trinajstić information content (AvgIpc) is 2.39. The minimum absolute atomic E-state index is 0.328. The van der Waals surface area contributed by atoms with Crippen molar-refractivity contribution in [2.45, 2.75) is 12.3 Å². The van der Waals surface area contributed by atoms with Gasteiger partial charge in [-0.25, -0.2) is 0 Å². The molecule has 0 radical (unpaired) electrons. The molecule has 1 unspecified atom stereocenters. The Kier molecular flexibility index (Phi) is 3.64. The zero-order valence-corrected chi connectivity index (χ0v) is 12.5. The first-order valence-corrected chi connectivity index (χ1v) is 7.35. The Morgan fingerprint density at radius 2 is 2.10 bits per heavy atom. The van der Waals surface area contributed by atoms with Crippen molar-refractivity contribution in [2.24, 2.45) is 5.73 Å². The predicted octanol–water partition coefficient (Wildman–Crippen LogP) is 3.73. The molecule has 0 saturated heterocycles. The van der Waals surface area contributed by atoms with E-state index in [1.54, 1.807) is 0 Å². The van der Waals surface area contributed by atoms with Gasteiger partial charge >= 0.3 is 0 Å². The lowest BCUT2D eigenvalue weighted by molar-refractivity contribution is 0.636. The van der Waals surface area contributed by atoms with Crippen molar-refractivity contribution in [1.29, 1.82) is 0 Å². The first-order chi connectivity index (χ1) is 9.65. The number of anilines is 1. The van der Waals surface area contributed by atoms with E-state index in [0.717, 1.165) is 24.2 Å². The number of halogens is 1. The molecule has 2 nitrogen and oxygen atoms in total. The van der Waals surface area contributed by atoms with E-state index in [2.05, 4.69) is 29.6 Å². The molecule has 0 heterocycles. The fourth-order valence-electron chi connectivity index (χ4n) is 2.61. The molecular weight excluding hydrogens is 288 g/mol. The van der Waals surface area contributed by atoms with Gasteiger partial charge in [-0.15, -0.1) is 0 Å². The molecule has 1 aliphatic rings. The monoisotopic (exact) mass is 302 g/mol. The lowest BCUT2D eigenvalue weighted by Gasteiger charge is -2.30. The fourth-order valence-corrected chi connectivity index (χ4v) is 3.13. The van der Waals surface area contributed by atoms with Crippen LogP contribution in [0.4, 0.5) is 5.69 Å². The third kappa shape index (κ3) is 2.51. The maximum Gasteiger partial charge on any atom is 0.105 e. The third-order valence-electron chi connectivity index (χ3n) is 3.75. The highest BCUT2D eigenvalue weighted by Crippen LogP contribution is 2.35. The van der Waals surface area contributed by atoms with Gasteiger partial charge in [0.1, 0.15) is 4.99 Å². The van der Waals surface area contributed by atoms with E-state index in [4.69, 9.17) is 29.6 Å². The van der Waals surface area contributed by atoms with Crippen LogP contribution < -0.4 is 11.1 Å². The van der Waals surface area contributed by atoms with E-state index < -0.39 is 0 Å². The molecule has 0 amide bonds. The van der Waals surface area contributed by atoms with Gasteiger partial charge in [0.05, 0.1) is 5.02 Å². The van der Waals surface area contributed by atoms with Crippen LogP contribution in [0.5, 0.6) is 0 Å². The SMILES string of the molecule is NC(=S)c1ccc(NCC2Cc3ccccc32)cc1Cl. The summed E-state index contributed by atoms with van der Waals surface area (Å²) in [6, 6.07) is 14.3. The maximum atomic E-state index is 6.16. The zero-order chi connectivity index (χ0) is 14.1. The molecule has 1 atom stereocenters. The number of rotatable bonds is 4. The van der Waals surface area contributed by atoms with Crippen LogP contribution in [-0.4, -0.2) is 11.5 Å². The Labute approximate surface area is 128 Å². The van der Waals surface area contributed by atoms with Gasteiger partial charge in [-0.3, -0.25) is 0 Å². The van der Waals surface area contributed by atoms with Crippen molar-refractivity contribution < 1.29 is 0 Å². The second kappa shape index (κ2) is 5.43. The number of hydrogen-bond acceptors (Lipinski definition) is 2. The number of nitrogens with one attached hydrogen (secondary N) is 1. The van der Waals surface area contributed by atoms with Gasteiger partial charge in [-0.1, -0.05) is 48.1 Å². The van der Waals surface area contributed by atoms with Crippen LogP contribution in [0.1, 0.15) is 22.6 Å². The summed E-state index contributed by atoms with van der Waals surface area (Å²) in [6.07, 6.45) is 1.14. The van der Waals surface area contributed by atoms with Crippen LogP contribution in [0.2, 0.25) is 5.02 Å². The summed E-state index contributed by atoms with van der Waals surface area (Å²) in [5, 5.41) is 4.02. The Morgan fingerprint density at radius 1 is 1.30 bits per heavy atom. The highest BCUT2D eigenvalue weighted by atomic mass is 35.5. The van der Waals surface area contributed by atoms with Gasteiger partial charge in [0, 0.05) is 23.7 Å². The molecule has 1 aliphatic carbocycles. The van der Waals surface area contributed by atoms with Crippen LogP contribution in [0, 0.1) is 0 Å². The normalized spacial score (nSPS) is 16.1. The van der Waals surface area contributed by atoms with E-state index in [9.17, 15) is 0 Å². The molecule has 2 aromatic rings. The van der Waals surface area contributed by atoms with Gasteiger partial charge in [0.2, 0.25) is 0 Å². The van der Waals surface area contributed by atoms with Gasteiger partial charge in [0.25, 0.3) is 0 Å². The molecule has 20 heavy (non-hydrogen) atoms. The first kappa shape index (κ1) is 13.4. The number of nitrogens with two attached hydrogens (primary N) is 1. The number of benzene rings is 2. The largest absolute Gasteiger partial charge is 0.389 e. The van der Waals surface area contributed by atoms with Crippen LogP contribution >= 0.6 is 23.8 Å². The summed E-state index contributed by atoms with van der Waals surface area (Å²) in [7, 11) is 0. The predicted molar refractivity (Wildman–Crippen MR) is 88.7 cm³/mol. The van der Waals surface area contributed by atoms with Crippen molar-refractivity contribution in [3.05, 3.63) is 64.2 Å². The molecule has 3 rings (SSSR count). The molecule has 0 aliphatic heterocycles. The smallest absolute Gasteiger partial charge is 0.105 e. The summed E-state index contributed by atoms with van der Waals surface area (Å²) < 4.78 is 0. The molecule has 0 aromatic heterocycles. The van der Waals surface area contributed by atoms with Gasteiger partial charge < -0.3 is 11.1 Å². The quantitative estimate of drug-likeness (QED) is 0.845. The second-order valence-electron chi connectivity index (χ2n) is 5.04. The van der Waals surface area contributed by atoms with Crippen molar-refractivity contribution in [3.63, 3.8) is 0 Å². The van der Waals surface area contributed by atoms with Crippen LogP contribution in [0.3, 0.4) is 0 Å². The second-order valence-corrected chi connectivity index (χ2v) is 5.89. The summed E-state index contributed by atoms with van der Waals surface area (Å²) in [6.45, 7) is 0.916.